The fourth-order valence-corrected chi connectivity index (χ4v) is 5.56. The van der Waals surface area contributed by atoms with Crippen LogP contribution in [0.25, 0.3) is 54.7 Å². The fraction of sp³-hybridized carbons (Fsp3) is 0.242. The molecular weight excluding hydrogens is 426 g/mol. The number of furan rings is 1. The van der Waals surface area contributed by atoms with E-state index >= 15 is 0 Å². The van der Waals surface area contributed by atoms with Gasteiger partial charge in [0.15, 0.2) is 5.58 Å². The normalized spacial score (nSPS) is 12.2. The first-order valence-corrected chi connectivity index (χ1v) is 12.7. The Hall–Kier alpha value is -3.65. The second kappa shape index (κ2) is 8.53. The quantitative estimate of drug-likeness (QED) is 0.241. The molecule has 6 rings (SSSR count). The van der Waals surface area contributed by atoms with E-state index in [-0.39, 0.29) is 0 Å². The Morgan fingerprint density at radius 2 is 1.37 bits per heavy atom. The molecule has 0 amide bonds. The molecule has 35 heavy (non-hydrogen) atoms. The predicted octanol–water partition coefficient (Wildman–Crippen LogP) is 9.35. The highest BCUT2D eigenvalue weighted by Crippen LogP contribution is 2.39. The number of nitrogens with zero attached hydrogens (tertiary/aromatic N) is 1. The number of benzene rings is 4. The zero-order chi connectivity index (χ0) is 24.1. The van der Waals surface area contributed by atoms with Crippen molar-refractivity contribution in [3.8, 4) is 11.3 Å². The minimum absolute atomic E-state index is 0.556. The van der Waals surface area contributed by atoms with Crippen LogP contribution in [0.4, 0.5) is 0 Å². The molecule has 0 aliphatic heterocycles. The van der Waals surface area contributed by atoms with Crippen molar-refractivity contribution in [1.29, 1.82) is 0 Å². The molecule has 0 spiro atoms. The molecule has 0 aliphatic rings. The Morgan fingerprint density at radius 3 is 2.20 bits per heavy atom. The number of pyridine rings is 1. The molecular formula is C33H31NO. The Morgan fingerprint density at radius 1 is 0.657 bits per heavy atom. The Bertz CT molecular complexity index is 1700. The summed E-state index contributed by atoms with van der Waals surface area (Å²) in [5, 5.41) is 7.54. The standard InChI is InChI=1S/C33H31NO/c1-20(2)16-24-9-7-11-28-29-14-15-34-31(33(29)35-32(24)28)26-18-23-13-12-22-8-5-6-10-27(22)30(23)25(19-26)17-21(3)4/h5-15,18-21H,16-17H2,1-4H3. The summed E-state index contributed by atoms with van der Waals surface area (Å²) < 4.78 is 6.61. The summed E-state index contributed by atoms with van der Waals surface area (Å²) in [6, 6.07) is 26.4. The van der Waals surface area contributed by atoms with Gasteiger partial charge in [-0.2, -0.15) is 0 Å². The van der Waals surface area contributed by atoms with Crippen LogP contribution < -0.4 is 0 Å². The van der Waals surface area contributed by atoms with E-state index in [1.165, 1.54) is 38.1 Å². The molecule has 0 N–H and O–H groups in total. The molecule has 4 aromatic carbocycles. The van der Waals surface area contributed by atoms with Gasteiger partial charge < -0.3 is 4.42 Å². The van der Waals surface area contributed by atoms with Gasteiger partial charge in [0, 0.05) is 22.5 Å². The number of fused-ring (bicyclic) bond motifs is 6. The van der Waals surface area contributed by atoms with Crippen molar-refractivity contribution in [2.45, 2.75) is 40.5 Å². The van der Waals surface area contributed by atoms with Gasteiger partial charge in [0.1, 0.15) is 11.3 Å². The van der Waals surface area contributed by atoms with E-state index in [2.05, 4.69) is 100 Å². The highest BCUT2D eigenvalue weighted by atomic mass is 16.3. The molecule has 0 saturated carbocycles. The maximum Gasteiger partial charge on any atom is 0.161 e. The topological polar surface area (TPSA) is 26.0 Å². The van der Waals surface area contributed by atoms with Crippen LogP contribution in [0.15, 0.2) is 83.4 Å². The van der Waals surface area contributed by atoms with Crippen LogP contribution in [-0.4, -0.2) is 4.98 Å². The van der Waals surface area contributed by atoms with Gasteiger partial charge in [-0.25, -0.2) is 0 Å². The van der Waals surface area contributed by atoms with Crippen molar-refractivity contribution in [3.63, 3.8) is 0 Å². The number of para-hydroxylation sites is 1. The van der Waals surface area contributed by atoms with E-state index in [1.54, 1.807) is 0 Å². The van der Waals surface area contributed by atoms with Crippen LogP contribution >= 0.6 is 0 Å². The van der Waals surface area contributed by atoms with E-state index in [1.807, 2.05) is 6.20 Å². The maximum atomic E-state index is 6.61. The minimum atomic E-state index is 0.556. The lowest BCUT2D eigenvalue weighted by molar-refractivity contribution is 0.623. The van der Waals surface area contributed by atoms with E-state index in [9.17, 15) is 0 Å². The van der Waals surface area contributed by atoms with Crippen LogP contribution in [0.2, 0.25) is 0 Å². The summed E-state index contributed by atoms with van der Waals surface area (Å²) in [7, 11) is 0. The molecule has 0 radical (unpaired) electrons. The first-order valence-electron chi connectivity index (χ1n) is 12.7. The third kappa shape index (κ3) is 3.78. The van der Waals surface area contributed by atoms with E-state index < -0.39 is 0 Å². The highest BCUT2D eigenvalue weighted by molar-refractivity contribution is 6.12. The molecule has 0 atom stereocenters. The lowest BCUT2D eigenvalue weighted by atomic mass is 9.90. The molecule has 2 heteroatoms. The molecule has 0 saturated heterocycles. The van der Waals surface area contributed by atoms with Crippen LogP contribution in [0.5, 0.6) is 0 Å². The summed E-state index contributed by atoms with van der Waals surface area (Å²) in [6.45, 7) is 9.09. The van der Waals surface area contributed by atoms with Gasteiger partial charge in [0.25, 0.3) is 0 Å². The van der Waals surface area contributed by atoms with Crippen molar-refractivity contribution in [2.75, 3.05) is 0 Å². The summed E-state index contributed by atoms with van der Waals surface area (Å²) in [4.78, 5) is 4.86. The molecule has 6 aromatic rings. The summed E-state index contributed by atoms with van der Waals surface area (Å²) in [6.07, 6.45) is 3.95. The van der Waals surface area contributed by atoms with Crippen molar-refractivity contribution in [1.82, 2.24) is 4.98 Å². The first kappa shape index (κ1) is 21.9. The van der Waals surface area contributed by atoms with Gasteiger partial charge in [-0.1, -0.05) is 82.3 Å². The van der Waals surface area contributed by atoms with Gasteiger partial charge in [-0.05, 0) is 75.5 Å². The SMILES string of the molecule is CC(C)Cc1cccc2c1oc1c(-c3cc(CC(C)C)c4c(ccc5ccccc54)c3)nccc12. The number of rotatable bonds is 5. The average Bonchev–Trinajstić information content (AvgIpc) is 3.23. The molecule has 0 aliphatic carbocycles. The van der Waals surface area contributed by atoms with Crippen LogP contribution in [0.3, 0.4) is 0 Å². The van der Waals surface area contributed by atoms with Crippen LogP contribution in [0, 0.1) is 11.8 Å². The number of aromatic nitrogens is 1. The first-order chi connectivity index (χ1) is 17.0. The van der Waals surface area contributed by atoms with E-state index in [4.69, 9.17) is 9.40 Å². The van der Waals surface area contributed by atoms with E-state index in [0.717, 1.165) is 40.7 Å². The lowest BCUT2D eigenvalue weighted by Crippen LogP contribution is -1.97. The van der Waals surface area contributed by atoms with Gasteiger partial charge in [0.2, 0.25) is 0 Å². The largest absolute Gasteiger partial charge is 0.453 e. The third-order valence-corrected chi connectivity index (χ3v) is 6.95. The molecule has 0 unspecified atom stereocenters. The van der Waals surface area contributed by atoms with Gasteiger partial charge in [0.05, 0.1) is 0 Å². The molecule has 0 bridgehead atoms. The zero-order valence-electron chi connectivity index (χ0n) is 20.9. The molecule has 2 nitrogen and oxygen atoms in total. The van der Waals surface area contributed by atoms with Gasteiger partial charge in [-0.3, -0.25) is 4.98 Å². The average molecular weight is 458 g/mol. The molecule has 174 valence electrons. The number of hydrogen-bond acceptors (Lipinski definition) is 2. The summed E-state index contributed by atoms with van der Waals surface area (Å²) >= 11 is 0. The monoisotopic (exact) mass is 457 g/mol. The van der Waals surface area contributed by atoms with Crippen molar-refractivity contribution in [2.24, 2.45) is 11.8 Å². The van der Waals surface area contributed by atoms with Gasteiger partial charge in [-0.15, -0.1) is 0 Å². The van der Waals surface area contributed by atoms with E-state index in [0.29, 0.717) is 11.8 Å². The Kier molecular flexibility index (Phi) is 5.33. The van der Waals surface area contributed by atoms with Crippen molar-refractivity contribution < 1.29 is 4.42 Å². The smallest absolute Gasteiger partial charge is 0.161 e. The molecule has 2 aromatic heterocycles. The summed E-state index contributed by atoms with van der Waals surface area (Å²) in [5.74, 6) is 1.13. The Balaban J connectivity index is 1.63. The zero-order valence-corrected chi connectivity index (χ0v) is 20.9. The lowest BCUT2D eigenvalue weighted by Gasteiger charge is -2.14. The second-order valence-electron chi connectivity index (χ2n) is 10.6. The second-order valence-corrected chi connectivity index (χ2v) is 10.6. The maximum absolute atomic E-state index is 6.61. The van der Waals surface area contributed by atoms with Crippen LogP contribution in [-0.2, 0) is 12.8 Å². The van der Waals surface area contributed by atoms with Crippen molar-refractivity contribution in [3.05, 3.63) is 90.1 Å². The minimum Gasteiger partial charge on any atom is -0.453 e. The predicted molar refractivity (Wildman–Crippen MR) is 149 cm³/mol. The summed E-state index contributed by atoms with van der Waals surface area (Å²) in [5.41, 5.74) is 6.58. The molecule has 2 heterocycles. The molecule has 0 fully saturated rings. The highest BCUT2D eigenvalue weighted by Gasteiger charge is 2.18. The Labute approximate surface area is 206 Å². The van der Waals surface area contributed by atoms with Crippen LogP contribution in [0.1, 0.15) is 38.8 Å². The third-order valence-electron chi connectivity index (χ3n) is 6.95. The van der Waals surface area contributed by atoms with Crippen molar-refractivity contribution >= 4 is 43.5 Å². The fourth-order valence-electron chi connectivity index (χ4n) is 5.56. The number of hydrogen-bond donors (Lipinski definition) is 0. The van der Waals surface area contributed by atoms with Gasteiger partial charge >= 0.3 is 0 Å².